The number of hydrogen-bond acceptors (Lipinski definition) is 1. The molecule has 0 aromatic rings. The maximum absolute atomic E-state index is 2.47. The largest absolute Gasteiger partial charge is 0.870 e. The molecule has 0 fully saturated rings. The molecule has 1 nitrogen and oxygen atoms in total. The van der Waals surface area contributed by atoms with Crippen LogP contribution in [0.3, 0.4) is 0 Å². The summed E-state index contributed by atoms with van der Waals surface area (Å²) in [5.74, 6) is 0. The molecule has 0 atom stereocenters. The molecule has 10 heavy (non-hydrogen) atoms. The molecule has 0 saturated heterocycles. The van der Waals surface area contributed by atoms with Crippen molar-refractivity contribution < 1.29 is 5.48 Å². The van der Waals surface area contributed by atoms with Crippen molar-refractivity contribution >= 4 is 7.26 Å². The zero-order valence-electron chi connectivity index (χ0n) is 7.72. The lowest BCUT2D eigenvalue weighted by Crippen LogP contribution is -1.98. The molecule has 0 aliphatic rings. The highest BCUT2D eigenvalue weighted by Gasteiger charge is 2.21. The first kappa shape index (κ1) is 13.0. The van der Waals surface area contributed by atoms with Crippen LogP contribution in [0.25, 0.3) is 0 Å². The molecular formula is C8H21OP. The third-order valence-corrected chi connectivity index (χ3v) is 4.97. The lowest BCUT2D eigenvalue weighted by Gasteiger charge is -2.15. The SMILES string of the molecule is CCC[P+](C)(C)CCC.[OH-]. The van der Waals surface area contributed by atoms with Crippen LogP contribution in [0.4, 0.5) is 0 Å². The standard InChI is InChI=1S/C8H20P.H2O/c1-5-7-9(3,4)8-6-2;/h5-8H2,1-4H3;1H2/q+1;/p-1. The highest BCUT2D eigenvalue weighted by Crippen LogP contribution is 2.51. The van der Waals surface area contributed by atoms with E-state index < -0.39 is 7.26 Å². The monoisotopic (exact) mass is 164 g/mol. The summed E-state index contributed by atoms with van der Waals surface area (Å²) in [5.41, 5.74) is 0. The van der Waals surface area contributed by atoms with Gasteiger partial charge in [-0.1, -0.05) is 13.8 Å². The van der Waals surface area contributed by atoms with E-state index in [1.165, 1.54) is 25.2 Å². The van der Waals surface area contributed by atoms with Gasteiger partial charge in [0.05, 0.1) is 12.3 Å². The van der Waals surface area contributed by atoms with Crippen molar-refractivity contribution in [3.8, 4) is 0 Å². The Bertz CT molecular complexity index is 63.7. The second kappa shape index (κ2) is 6.12. The molecule has 0 aromatic heterocycles. The van der Waals surface area contributed by atoms with Gasteiger partial charge in [-0.2, -0.15) is 0 Å². The number of hydrogen-bond donors (Lipinski definition) is 0. The van der Waals surface area contributed by atoms with E-state index in [0.29, 0.717) is 0 Å². The Labute approximate surface area is 65.9 Å². The third kappa shape index (κ3) is 6.51. The lowest BCUT2D eigenvalue weighted by atomic mass is 10.6. The predicted octanol–water partition coefficient (Wildman–Crippen LogP) is 2.91. The highest BCUT2D eigenvalue weighted by atomic mass is 31.2. The summed E-state index contributed by atoms with van der Waals surface area (Å²) in [4.78, 5) is 0. The first-order valence-electron chi connectivity index (χ1n) is 3.94. The van der Waals surface area contributed by atoms with Gasteiger partial charge in [-0.15, -0.1) is 0 Å². The van der Waals surface area contributed by atoms with Crippen LogP contribution in [0.5, 0.6) is 0 Å². The van der Waals surface area contributed by atoms with Gasteiger partial charge in [-0.05, 0) is 12.8 Å². The van der Waals surface area contributed by atoms with Crippen molar-refractivity contribution in [2.24, 2.45) is 0 Å². The van der Waals surface area contributed by atoms with E-state index >= 15 is 0 Å². The Morgan fingerprint density at radius 2 is 1.20 bits per heavy atom. The fourth-order valence-electron chi connectivity index (χ4n) is 1.32. The molecule has 0 radical (unpaired) electrons. The molecule has 0 unspecified atom stereocenters. The van der Waals surface area contributed by atoms with E-state index in [-0.39, 0.29) is 5.48 Å². The molecule has 1 N–H and O–H groups in total. The van der Waals surface area contributed by atoms with Gasteiger partial charge in [0, 0.05) is 20.6 Å². The fraction of sp³-hybridized carbons (Fsp3) is 1.00. The number of rotatable bonds is 4. The molecule has 0 spiro atoms. The lowest BCUT2D eigenvalue weighted by molar-refractivity contribution is 0.824. The minimum atomic E-state index is -0.443. The van der Waals surface area contributed by atoms with Gasteiger partial charge in [-0.3, -0.25) is 0 Å². The summed E-state index contributed by atoms with van der Waals surface area (Å²) in [6, 6.07) is 0. The van der Waals surface area contributed by atoms with Gasteiger partial charge < -0.3 is 5.48 Å². The van der Waals surface area contributed by atoms with Gasteiger partial charge in [0.2, 0.25) is 0 Å². The van der Waals surface area contributed by atoms with E-state index in [1.54, 1.807) is 0 Å². The normalized spacial score (nSPS) is 10.8. The average Bonchev–Trinajstić information content (AvgIpc) is 1.64. The van der Waals surface area contributed by atoms with Crippen molar-refractivity contribution in [2.75, 3.05) is 25.7 Å². The van der Waals surface area contributed by atoms with Crippen LogP contribution >= 0.6 is 7.26 Å². The van der Waals surface area contributed by atoms with Crippen molar-refractivity contribution in [2.45, 2.75) is 26.7 Å². The Morgan fingerprint density at radius 3 is 1.40 bits per heavy atom. The van der Waals surface area contributed by atoms with Gasteiger partial charge in [0.1, 0.15) is 0 Å². The molecule has 0 saturated carbocycles. The first-order chi connectivity index (χ1) is 4.12. The van der Waals surface area contributed by atoms with Gasteiger partial charge in [0.15, 0.2) is 0 Å². The third-order valence-electron chi connectivity index (χ3n) is 1.66. The van der Waals surface area contributed by atoms with Crippen LogP contribution in [-0.4, -0.2) is 31.1 Å². The average molecular weight is 164 g/mol. The van der Waals surface area contributed by atoms with E-state index in [2.05, 4.69) is 27.2 Å². The van der Waals surface area contributed by atoms with Crippen molar-refractivity contribution in [3.63, 3.8) is 0 Å². The molecule has 0 aromatic carbocycles. The maximum Gasteiger partial charge on any atom is 0.0586 e. The summed E-state index contributed by atoms with van der Waals surface area (Å²) in [5, 5.41) is 0. The molecule has 0 rings (SSSR count). The molecule has 0 aliphatic carbocycles. The summed E-state index contributed by atoms with van der Waals surface area (Å²) in [6.45, 7) is 9.52. The van der Waals surface area contributed by atoms with E-state index in [1.807, 2.05) is 0 Å². The Balaban J connectivity index is 0. The molecule has 2 heteroatoms. The van der Waals surface area contributed by atoms with Gasteiger partial charge >= 0.3 is 0 Å². The summed E-state index contributed by atoms with van der Waals surface area (Å²) in [6.07, 6.45) is 5.73. The van der Waals surface area contributed by atoms with Crippen molar-refractivity contribution in [1.29, 1.82) is 0 Å². The zero-order chi connectivity index (χ0) is 7.33. The first-order valence-corrected chi connectivity index (χ1v) is 6.99. The maximum atomic E-state index is 2.47. The summed E-state index contributed by atoms with van der Waals surface area (Å²) >= 11 is 0. The molecule has 0 aliphatic heterocycles. The van der Waals surface area contributed by atoms with E-state index in [0.717, 1.165) is 0 Å². The topological polar surface area (TPSA) is 30.0 Å². The molecule has 64 valence electrons. The second-order valence-corrected chi connectivity index (χ2v) is 8.15. The molecule has 0 amide bonds. The molecule has 0 bridgehead atoms. The smallest absolute Gasteiger partial charge is 0.0586 e. The minimum Gasteiger partial charge on any atom is -0.870 e. The molecular weight excluding hydrogens is 143 g/mol. The van der Waals surface area contributed by atoms with Gasteiger partial charge in [-0.25, -0.2) is 0 Å². The minimum absolute atomic E-state index is 0. The Kier molecular flexibility index (Phi) is 7.97. The zero-order valence-corrected chi connectivity index (χ0v) is 8.62. The fourth-order valence-corrected chi connectivity index (χ4v) is 3.97. The predicted molar refractivity (Wildman–Crippen MR) is 51.0 cm³/mol. The van der Waals surface area contributed by atoms with Crippen LogP contribution in [0, 0.1) is 0 Å². The van der Waals surface area contributed by atoms with Crippen LogP contribution < -0.4 is 0 Å². The van der Waals surface area contributed by atoms with Crippen LogP contribution in [0.15, 0.2) is 0 Å². The van der Waals surface area contributed by atoms with Crippen LogP contribution in [0.2, 0.25) is 0 Å². The molecule has 0 heterocycles. The Hall–Kier alpha value is 0.390. The second-order valence-electron chi connectivity index (χ2n) is 3.38. The summed E-state index contributed by atoms with van der Waals surface area (Å²) in [7, 11) is -0.443. The van der Waals surface area contributed by atoms with E-state index in [9.17, 15) is 0 Å². The Morgan fingerprint density at radius 1 is 0.900 bits per heavy atom. The van der Waals surface area contributed by atoms with Crippen molar-refractivity contribution in [3.05, 3.63) is 0 Å². The van der Waals surface area contributed by atoms with Crippen LogP contribution in [-0.2, 0) is 0 Å². The van der Waals surface area contributed by atoms with Gasteiger partial charge in [0.25, 0.3) is 0 Å². The van der Waals surface area contributed by atoms with Crippen molar-refractivity contribution in [1.82, 2.24) is 0 Å². The summed E-state index contributed by atoms with van der Waals surface area (Å²) < 4.78 is 0. The van der Waals surface area contributed by atoms with E-state index in [4.69, 9.17) is 0 Å². The van der Waals surface area contributed by atoms with Crippen LogP contribution in [0.1, 0.15) is 26.7 Å². The quantitative estimate of drug-likeness (QED) is 0.587. The highest BCUT2D eigenvalue weighted by molar-refractivity contribution is 7.74.